The Balaban J connectivity index is 1.76. The van der Waals surface area contributed by atoms with Crippen LogP contribution in [0.5, 0.6) is 0 Å². The van der Waals surface area contributed by atoms with E-state index < -0.39 is 0 Å². The number of hydrogen-bond donors (Lipinski definition) is 2. The highest BCUT2D eigenvalue weighted by Crippen LogP contribution is 2.14. The molecule has 2 aromatic heterocycles. The quantitative estimate of drug-likeness (QED) is 0.529. The van der Waals surface area contributed by atoms with Crippen molar-refractivity contribution in [2.75, 3.05) is 18.0 Å². The van der Waals surface area contributed by atoms with E-state index >= 15 is 0 Å². The molecule has 0 aromatic carbocycles. The molecule has 1 saturated heterocycles. The summed E-state index contributed by atoms with van der Waals surface area (Å²) in [7, 11) is 0. The van der Waals surface area contributed by atoms with Crippen molar-refractivity contribution in [1.29, 1.82) is 5.41 Å². The molecule has 2 aromatic rings. The van der Waals surface area contributed by atoms with Gasteiger partial charge >= 0.3 is 0 Å². The Morgan fingerprint density at radius 3 is 2.84 bits per heavy atom. The van der Waals surface area contributed by atoms with Gasteiger partial charge in [-0.2, -0.15) is 4.80 Å². The maximum Gasteiger partial charge on any atom is 0.266 e. The maximum atomic E-state index is 7.34. The lowest BCUT2D eigenvalue weighted by Gasteiger charge is -2.09. The fraction of sp³-hybridized carbons (Fsp3) is 0.556. The SMILES string of the molecule is N=C(N)c1nonc1Cn1nnc(N2CCCC2)n1. The molecule has 0 spiro atoms. The molecule has 0 atom stereocenters. The summed E-state index contributed by atoms with van der Waals surface area (Å²) >= 11 is 0. The van der Waals surface area contributed by atoms with Crippen LogP contribution in [-0.4, -0.2) is 49.4 Å². The van der Waals surface area contributed by atoms with Crippen LogP contribution in [0.4, 0.5) is 5.95 Å². The lowest BCUT2D eigenvalue weighted by Crippen LogP contribution is -2.19. The highest BCUT2D eigenvalue weighted by molar-refractivity contribution is 5.93. The van der Waals surface area contributed by atoms with Gasteiger partial charge in [-0.05, 0) is 23.2 Å². The van der Waals surface area contributed by atoms with Gasteiger partial charge in [0.05, 0.1) is 0 Å². The molecule has 0 amide bonds. The van der Waals surface area contributed by atoms with Crippen molar-refractivity contribution in [1.82, 2.24) is 30.5 Å². The summed E-state index contributed by atoms with van der Waals surface area (Å²) in [5.41, 5.74) is 5.99. The third-order valence-electron chi connectivity index (χ3n) is 2.93. The smallest absolute Gasteiger partial charge is 0.266 e. The second kappa shape index (κ2) is 4.63. The average molecular weight is 263 g/mol. The van der Waals surface area contributed by atoms with Gasteiger partial charge in [-0.3, -0.25) is 5.41 Å². The van der Waals surface area contributed by atoms with Gasteiger partial charge in [0, 0.05) is 13.1 Å². The number of rotatable bonds is 4. The van der Waals surface area contributed by atoms with Crippen molar-refractivity contribution >= 4 is 11.8 Å². The Kier molecular flexibility index (Phi) is 2.82. The third kappa shape index (κ3) is 2.23. The number of anilines is 1. The Labute approximate surface area is 108 Å². The largest absolute Gasteiger partial charge is 0.382 e. The first-order chi connectivity index (χ1) is 9.24. The summed E-state index contributed by atoms with van der Waals surface area (Å²) in [6.45, 7) is 2.13. The number of nitrogen functional groups attached to an aromatic ring is 1. The molecule has 0 saturated carbocycles. The minimum Gasteiger partial charge on any atom is -0.382 e. The molecule has 0 unspecified atom stereocenters. The summed E-state index contributed by atoms with van der Waals surface area (Å²) in [5.74, 6) is 0.412. The number of hydrogen-bond acceptors (Lipinski definition) is 8. The van der Waals surface area contributed by atoms with Gasteiger partial charge in [-0.1, -0.05) is 10.3 Å². The molecule has 1 aliphatic heterocycles. The first-order valence-corrected chi connectivity index (χ1v) is 5.92. The molecule has 100 valence electrons. The van der Waals surface area contributed by atoms with Crippen molar-refractivity contribution in [2.24, 2.45) is 5.73 Å². The number of nitrogens with two attached hydrogens (primary N) is 1. The molecular weight excluding hydrogens is 250 g/mol. The van der Waals surface area contributed by atoms with Crippen molar-refractivity contribution in [3.05, 3.63) is 11.4 Å². The predicted octanol–water partition coefficient (Wildman–Crippen LogP) is -1.01. The van der Waals surface area contributed by atoms with Crippen LogP contribution >= 0.6 is 0 Å². The number of amidine groups is 1. The fourth-order valence-corrected chi connectivity index (χ4v) is 1.99. The molecule has 19 heavy (non-hydrogen) atoms. The molecule has 0 bridgehead atoms. The molecule has 10 nitrogen and oxygen atoms in total. The second-order valence-corrected chi connectivity index (χ2v) is 4.29. The van der Waals surface area contributed by atoms with Crippen LogP contribution in [0.1, 0.15) is 24.2 Å². The maximum absolute atomic E-state index is 7.34. The topological polar surface area (TPSA) is 136 Å². The minimum absolute atomic E-state index is 0.198. The van der Waals surface area contributed by atoms with Crippen LogP contribution in [0.25, 0.3) is 0 Å². The standard InChI is InChI=1S/C9H13N9O/c10-8(11)7-6(14-19-15-7)5-18-13-9(12-16-18)17-3-1-2-4-17/h1-5H2,(H3,10,11). The first kappa shape index (κ1) is 11.6. The molecular formula is C9H13N9O. The van der Waals surface area contributed by atoms with Gasteiger partial charge in [0.25, 0.3) is 5.95 Å². The molecule has 1 aliphatic rings. The minimum atomic E-state index is -0.198. The van der Waals surface area contributed by atoms with E-state index in [1.807, 2.05) is 0 Å². The van der Waals surface area contributed by atoms with Crippen molar-refractivity contribution < 1.29 is 4.63 Å². The number of aromatic nitrogens is 6. The van der Waals surface area contributed by atoms with Crippen LogP contribution in [0.3, 0.4) is 0 Å². The van der Waals surface area contributed by atoms with Crippen LogP contribution in [0.15, 0.2) is 4.63 Å². The summed E-state index contributed by atoms with van der Waals surface area (Å²) in [4.78, 5) is 3.47. The van der Waals surface area contributed by atoms with E-state index in [1.54, 1.807) is 0 Å². The Bertz CT molecular complexity index is 582. The lowest BCUT2D eigenvalue weighted by molar-refractivity contribution is 0.300. The molecule has 3 N–H and O–H groups in total. The lowest BCUT2D eigenvalue weighted by atomic mass is 10.3. The van der Waals surface area contributed by atoms with Crippen LogP contribution < -0.4 is 10.6 Å². The van der Waals surface area contributed by atoms with Gasteiger partial charge < -0.3 is 10.6 Å². The zero-order valence-corrected chi connectivity index (χ0v) is 10.2. The summed E-state index contributed by atoms with van der Waals surface area (Å²) < 4.78 is 4.57. The molecule has 3 rings (SSSR count). The second-order valence-electron chi connectivity index (χ2n) is 4.29. The van der Waals surface area contributed by atoms with Crippen molar-refractivity contribution in [3.63, 3.8) is 0 Å². The average Bonchev–Trinajstić information content (AvgIpc) is 3.09. The summed E-state index contributed by atoms with van der Waals surface area (Å²) in [6.07, 6.45) is 2.30. The van der Waals surface area contributed by atoms with E-state index in [-0.39, 0.29) is 18.1 Å². The number of nitrogens with one attached hydrogen (secondary N) is 1. The van der Waals surface area contributed by atoms with Gasteiger partial charge in [0.1, 0.15) is 18.1 Å². The Morgan fingerprint density at radius 1 is 1.32 bits per heavy atom. The molecule has 0 radical (unpaired) electrons. The van der Waals surface area contributed by atoms with E-state index in [0.717, 1.165) is 25.9 Å². The van der Waals surface area contributed by atoms with Gasteiger partial charge in [-0.15, -0.1) is 5.10 Å². The zero-order chi connectivity index (χ0) is 13.2. The third-order valence-corrected chi connectivity index (χ3v) is 2.93. The van der Waals surface area contributed by atoms with E-state index in [1.165, 1.54) is 4.80 Å². The van der Waals surface area contributed by atoms with Crippen LogP contribution in [0, 0.1) is 5.41 Å². The van der Waals surface area contributed by atoms with Crippen molar-refractivity contribution in [2.45, 2.75) is 19.4 Å². The Hall–Kier alpha value is -2.52. The van der Waals surface area contributed by atoms with Crippen molar-refractivity contribution in [3.8, 4) is 0 Å². The monoisotopic (exact) mass is 263 g/mol. The fourth-order valence-electron chi connectivity index (χ4n) is 1.99. The highest BCUT2D eigenvalue weighted by atomic mass is 16.6. The molecule has 0 aliphatic carbocycles. The van der Waals surface area contributed by atoms with E-state index in [9.17, 15) is 0 Å². The Morgan fingerprint density at radius 2 is 2.11 bits per heavy atom. The molecule has 1 fully saturated rings. The number of tetrazole rings is 1. The van der Waals surface area contributed by atoms with E-state index in [2.05, 4.69) is 35.3 Å². The zero-order valence-electron chi connectivity index (χ0n) is 10.2. The molecule has 10 heteroatoms. The summed E-state index contributed by atoms with van der Waals surface area (Å²) in [5, 5.41) is 26.8. The van der Waals surface area contributed by atoms with Crippen LogP contribution in [0.2, 0.25) is 0 Å². The van der Waals surface area contributed by atoms with Gasteiger partial charge in [0.2, 0.25) is 0 Å². The predicted molar refractivity (Wildman–Crippen MR) is 63.7 cm³/mol. The van der Waals surface area contributed by atoms with Gasteiger partial charge in [0.15, 0.2) is 5.69 Å². The van der Waals surface area contributed by atoms with Crippen LogP contribution in [-0.2, 0) is 6.54 Å². The number of nitrogens with zero attached hydrogens (tertiary/aromatic N) is 7. The van der Waals surface area contributed by atoms with E-state index in [0.29, 0.717) is 11.6 Å². The summed E-state index contributed by atoms with van der Waals surface area (Å²) in [6, 6.07) is 0. The van der Waals surface area contributed by atoms with E-state index in [4.69, 9.17) is 11.1 Å². The normalized spacial score (nSPS) is 15.1. The highest BCUT2D eigenvalue weighted by Gasteiger charge is 2.19. The van der Waals surface area contributed by atoms with Gasteiger partial charge in [-0.25, -0.2) is 4.63 Å². The first-order valence-electron chi connectivity index (χ1n) is 5.92. The molecule has 3 heterocycles.